The van der Waals surface area contributed by atoms with Gasteiger partial charge in [0.2, 0.25) is 0 Å². The van der Waals surface area contributed by atoms with Crippen LogP contribution in [0.15, 0.2) is 28.6 Å². The van der Waals surface area contributed by atoms with Crippen LogP contribution in [0.5, 0.6) is 0 Å². The van der Waals surface area contributed by atoms with Crippen molar-refractivity contribution in [3.63, 3.8) is 0 Å². The van der Waals surface area contributed by atoms with Gasteiger partial charge in [0.15, 0.2) is 5.13 Å². The molecule has 1 atom stereocenters. The smallest absolute Gasteiger partial charge is 0.192 e. The standard InChI is InChI=1S/C20H29ClFN5S2/c21-16-12-19(29-27-20-26-10-11-28-20)17(22)13-18(16)25-9-4-1-3-7-23-14-15-6-2-5-8-24-15/h10-13,15,23-25H,1-9,14H2,(H,26,27). The Bertz CT molecular complexity index is 726. The van der Waals surface area contributed by atoms with Crippen molar-refractivity contribution in [2.75, 3.05) is 36.2 Å². The van der Waals surface area contributed by atoms with Crippen LogP contribution in [0.1, 0.15) is 38.5 Å². The number of rotatable bonds is 12. The largest absolute Gasteiger partial charge is 0.384 e. The van der Waals surface area contributed by atoms with Crippen LogP contribution in [-0.4, -0.2) is 37.2 Å². The molecule has 1 fully saturated rings. The lowest BCUT2D eigenvalue weighted by Crippen LogP contribution is -2.41. The maximum Gasteiger partial charge on any atom is 0.192 e. The number of aromatic nitrogens is 1. The third kappa shape index (κ3) is 7.94. The van der Waals surface area contributed by atoms with Crippen LogP contribution in [0.4, 0.5) is 15.2 Å². The van der Waals surface area contributed by atoms with E-state index in [-0.39, 0.29) is 5.82 Å². The van der Waals surface area contributed by atoms with Crippen LogP contribution in [0.3, 0.4) is 0 Å². The van der Waals surface area contributed by atoms with Crippen LogP contribution < -0.4 is 20.7 Å². The van der Waals surface area contributed by atoms with Gasteiger partial charge in [-0.3, -0.25) is 0 Å². The molecule has 2 heterocycles. The van der Waals surface area contributed by atoms with E-state index in [1.165, 1.54) is 48.6 Å². The molecule has 0 bridgehead atoms. The fraction of sp³-hybridized carbons (Fsp3) is 0.550. The molecule has 0 spiro atoms. The minimum atomic E-state index is -0.300. The van der Waals surface area contributed by atoms with Crippen LogP contribution in [-0.2, 0) is 0 Å². The highest BCUT2D eigenvalue weighted by Crippen LogP contribution is 2.32. The molecule has 0 amide bonds. The molecule has 0 aliphatic carbocycles. The molecule has 1 aromatic carbocycles. The second-order valence-electron chi connectivity index (χ2n) is 7.14. The van der Waals surface area contributed by atoms with E-state index < -0.39 is 0 Å². The summed E-state index contributed by atoms with van der Waals surface area (Å²) in [5, 5.41) is 13.5. The topological polar surface area (TPSA) is 61.0 Å². The summed E-state index contributed by atoms with van der Waals surface area (Å²) in [7, 11) is 0. The molecule has 4 N–H and O–H groups in total. The summed E-state index contributed by atoms with van der Waals surface area (Å²) in [6, 6.07) is 3.75. The van der Waals surface area contributed by atoms with Gasteiger partial charge in [0.05, 0.1) is 15.6 Å². The molecular weight excluding hydrogens is 429 g/mol. The number of unbranched alkanes of at least 4 members (excludes halogenated alkanes) is 2. The van der Waals surface area contributed by atoms with Crippen molar-refractivity contribution in [2.24, 2.45) is 0 Å². The maximum absolute atomic E-state index is 14.3. The van der Waals surface area contributed by atoms with E-state index in [1.807, 2.05) is 5.38 Å². The first-order valence-electron chi connectivity index (χ1n) is 10.2. The Morgan fingerprint density at radius 2 is 2.14 bits per heavy atom. The zero-order chi connectivity index (χ0) is 20.3. The van der Waals surface area contributed by atoms with E-state index >= 15 is 0 Å². The third-order valence-corrected chi connectivity index (χ3v) is 6.81. The third-order valence-electron chi connectivity index (χ3n) is 4.85. The second-order valence-corrected chi connectivity index (χ2v) is 9.29. The van der Waals surface area contributed by atoms with Crippen molar-refractivity contribution in [2.45, 2.75) is 49.5 Å². The van der Waals surface area contributed by atoms with Crippen LogP contribution in [0.2, 0.25) is 5.02 Å². The Hall–Kier alpha value is -1.06. The van der Waals surface area contributed by atoms with Crippen molar-refractivity contribution < 1.29 is 4.39 Å². The number of hydrogen-bond acceptors (Lipinski definition) is 7. The summed E-state index contributed by atoms with van der Waals surface area (Å²) in [6.07, 6.45) is 8.95. The van der Waals surface area contributed by atoms with Gasteiger partial charge in [-0.05, 0) is 62.9 Å². The van der Waals surface area contributed by atoms with Gasteiger partial charge in [0.1, 0.15) is 5.82 Å². The first-order chi connectivity index (χ1) is 14.2. The molecule has 5 nitrogen and oxygen atoms in total. The van der Waals surface area contributed by atoms with Gasteiger partial charge in [0.25, 0.3) is 0 Å². The highest BCUT2D eigenvalue weighted by molar-refractivity contribution is 8.00. The van der Waals surface area contributed by atoms with Gasteiger partial charge in [-0.25, -0.2) is 9.37 Å². The quantitative estimate of drug-likeness (QED) is 0.254. The molecular formula is C20H29ClFN5S2. The summed E-state index contributed by atoms with van der Waals surface area (Å²) in [4.78, 5) is 4.57. The first kappa shape index (κ1) is 22.6. The van der Waals surface area contributed by atoms with Crippen molar-refractivity contribution in [1.29, 1.82) is 0 Å². The van der Waals surface area contributed by atoms with Gasteiger partial charge >= 0.3 is 0 Å². The van der Waals surface area contributed by atoms with Gasteiger partial charge in [0, 0.05) is 30.7 Å². The minimum absolute atomic E-state index is 0.300. The van der Waals surface area contributed by atoms with Gasteiger partial charge in [-0.2, -0.15) is 0 Å². The molecule has 1 unspecified atom stereocenters. The molecule has 9 heteroatoms. The maximum atomic E-state index is 14.3. The SMILES string of the molecule is Fc1cc(NCCCCCNCC2CCCCN2)c(Cl)cc1SNc1nccs1. The van der Waals surface area contributed by atoms with Crippen LogP contribution >= 0.6 is 34.9 Å². The molecule has 1 saturated heterocycles. The average molecular weight is 458 g/mol. The van der Waals surface area contributed by atoms with Gasteiger partial charge in [-0.15, -0.1) is 11.3 Å². The van der Waals surface area contributed by atoms with Crippen molar-refractivity contribution in [3.8, 4) is 0 Å². The van der Waals surface area contributed by atoms with E-state index in [1.54, 1.807) is 12.3 Å². The normalized spacial score (nSPS) is 16.7. The van der Waals surface area contributed by atoms with Crippen molar-refractivity contribution in [1.82, 2.24) is 15.6 Å². The van der Waals surface area contributed by atoms with Crippen molar-refractivity contribution >= 4 is 45.7 Å². The Morgan fingerprint density at radius 1 is 1.24 bits per heavy atom. The van der Waals surface area contributed by atoms with E-state index in [0.29, 0.717) is 21.6 Å². The fourth-order valence-corrected chi connectivity index (χ4v) is 4.83. The summed E-state index contributed by atoms with van der Waals surface area (Å²) < 4.78 is 17.4. The molecule has 3 rings (SSSR count). The number of piperidine rings is 1. The second kappa shape index (κ2) is 12.6. The molecule has 1 aliphatic heterocycles. The monoisotopic (exact) mass is 457 g/mol. The number of benzene rings is 1. The average Bonchev–Trinajstić information content (AvgIpc) is 3.25. The molecule has 160 valence electrons. The number of hydrogen-bond donors (Lipinski definition) is 4. The summed E-state index contributed by atoms with van der Waals surface area (Å²) in [5.74, 6) is -0.300. The van der Waals surface area contributed by atoms with Crippen LogP contribution in [0, 0.1) is 5.82 Å². The summed E-state index contributed by atoms with van der Waals surface area (Å²) in [5.41, 5.74) is 0.643. The number of anilines is 2. The predicted molar refractivity (Wildman–Crippen MR) is 124 cm³/mol. The Balaban J connectivity index is 1.29. The molecule has 29 heavy (non-hydrogen) atoms. The minimum Gasteiger partial charge on any atom is -0.384 e. The number of nitrogens with one attached hydrogen (secondary N) is 4. The molecule has 0 radical (unpaired) electrons. The van der Waals surface area contributed by atoms with E-state index in [0.717, 1.165) is 50.6 Å². The molecule has 1 aliphatic rings. The highest BCUT2D eigenvalue weighted by atomic mass is 35.5. The number of halogens is 2. The Labute approximate surface area is 185 Å². The zero-order valence-electron chi connectivity index (χ0n) is 16.5. The number of thiazole rings is 1. The van der Waals surface area contributed by atoms with E-state index in [4.69, 9.17) is 11.6 Å². The van der Waals surface area contributed by atoms with E-state index in [2.05, 4.69) is 25.7 Å². The van der Waals surface area contributed by atoms with Crippen LogP contribution in [0.25, 0.3) is 0 Å². The summed E-state index contributed by atoms with van der Waals surface area (Å²) in [6.45, 7) is 4.05. The molecule has 2 aromatic rings. The lowest BCUT2D eigenvalue weighted by Gasteiger charge is -2.23. The predicted octanol–water partition coefficient (Wildman–Crippen LogP) is 5.37. The molecule has 0 saturated carbocycles. The zero-order valence-corrected chi connectivity index (χ0v) is 18.9. The Kier molecular flexibility index (Phi) is 9.82. The van der Waals surface area contributed by atoms with E-state index in [9.17, 15) is 4.39 Å². The van der Waals surface area contributed by atoms with Gasteiger partial charge in [-0.1, -0.05) is 24.4 Å². The lowest BCUT2D eigenvalue weighted by atomic mass is 10.1. The fourth-order valence-electron chi connectivity index (χ4n) is 3.26. The molecule has 1 aromatic heterocycles. The summed E-state index contributed by atoms with van der Waals surface area (Å²) >= 11 is 8.96. The number of nitrogens with zero attached hydrogens (tertiary/aromatic N) is 1. The Morgan fingerprint density at radius 3 is 2.93 bits per heavy atom. The van der Waals surface area contributed by atoms with Gasteiger partial charge < -0.3 is 20.7 Å². The first-order valence-corrected chi connectivity index (χ1v) is 12.3. The van der Waals surface area contributed by atoms with Crippen molar-refractivity contribution in [3.05, 3.63) is 34.5 Å². The lowest BCUT2D eigenvalue weighted by molar-refractivity contribution is 0.382. The highest BCUT2D eigenvalue weighted by Gasteiger charge is 2.11.